The maximum absolute atomic E-state index is 12.6. The number of hydrogen-bond acceptors (Lipinski definition) is 4. The van der Waals surface area contributed by atoms with Gasteiger partial charge in [-0.25, -0.2) is 0 Å². The average molecular weight is 351 g/mol. The molecule has 0 aromatic heterocycles. The van der Waals surface area contributed by atoms with Gasteiger partial charge in [-0.15, -0.1) is 0 Å². The molecule has 25 heavy (non-hydrogen) atoms. The molecule has 0 aliphatic carbocycles. The van der Waals surface area contributed by atoms with Crippen molar-refractivity contribution in [2.24, 2.45) is 5.92 Å². The van der Waals surface area contributed by atoms with Gasteiger partial charge in [0.15, 0.2) is 0 Å². The molecule has 6 heteroatoms. The summed E-state index contributed by atoms with van der Waals surface area (Å²) in [5.41, 5.74) is 0. The smallest absolute Gasteiger partial charge is 0.225 e. The Labute approximate surface area is 151 Å². The lowest BCUT2D eigenvalue weighted by Crippen LogP contribution is -2.51. The summed E-state index contributed by atoms with van der Waals surface area (Å²) in [5, 5.41) is 0. The second-order valence-electron chi connectivity index (χ2n) is 7.61. The predicted molar refractivity (Wildman–Crippen MR) is 96.2 cm³/mol. The lowest BCUT2D eigenvalue weighted by molar-refractivity contribution is -0.141. The molecule has 0 bridgehead atoms. The summed E-state index contributed by atoms with van der Waals surface area (Å²) in [6, 6.07) is 0.588. The first-order valence-electron chi connectivity index (χ1n) is 10.1. The highest BCUT2D eigenvalue weighted by atomic mass is 16.5. The summed E-state index contributed by atoms with van der Waals surface area (Å²) in [7, 11) is 0. The van der Waals surface area contributed by atoms with Crippen LogP contribution in [-0.2, 0) is 14.3 Å². The number of likely N-dealkylation sites (tertiary alicyclic amines) is 2. The molecule has 0 spiro atoms. The maximum Gasteiger partial charge on any atom is 0.225 e. The van der Waals surface area contributed by atoms with Crippen LogP contribution in [0.4, 0.5) is 0 Å². The fourth-order valence-corrected chi connectivity index (χ4v) is 4.41. The van der Waals surface area contributed by atoms with Crippen LogP contribution in [0.3, 0.4) is 0 Å². The van der Waals surface area contributed by atoms with E-state index in [0.29, 0.717) is 37.5 Å². The summed E-state index contributed by atoms with van der Waals surface area (Å²) in [5.74, 6) is 0.847. The van der Waals surface area contributed by atoms with E-state index in [1.165, 1.54) is 0 Å². The van der Waals surface area contributed by atoms with Crippen LogP contribution in [0.5, 0.6) is 0 Å². The molecule has 3 rings (SSSR count). The molecular formula is C19H33N3O3. The minimum atomic E-state index is 0.195. The molecule has 0 unspecified atom stereocenters. The number of hydrogen-bond donors (Lipinski definition) is 0. The highest BCUT2D eigenvalue weighted by Gasteiger charge is 2.33. The average Bonchev–Trinajstić information content (AvgIpc) is 2.68. The number of carbonyl (C=O) groups is 2. The van der Waals surface area contributed by atoms with Crippen LogP contribution in [0, 0.1) is 5.92 Å². The Bertz CT molecular complexity index is 449. The number of piperidine rings is 2. The van der Waals surface area contributed by atoms with Crippen LogP contribution in [0.25, 0.3) is 0 Å². The van der Waals surface area contributed by atoms with Gasteiger partial charge in [0.2, 0.25) is 11.8 Å². The van der Waals surface area contributed by atoms with Crippen LogP contribution in [0.2, 0.25) is 0 Å². The molecule has 3 fully saturated rings. The van der Waals surface area contributed by atoms with E-state index in [9.17, 15) is 9.59 Å². The van der Waals surface area contributed by atoms with Gasteiger partial charge in [0.25, 0.3) is 0 Å². The van der Waals surface area contributed by atoms with Crippen LogP contribution < -0.4 is 0 Å². The van der Waals surface area contributed by atoms with Crippen LogP contribution in [-0.4, -0.2) is 85.0 Å². The van der Waals surface area contributed by atoms with E-state index < -0.39 is 0 Å². The van der Waals surface area contributed by atoms with E-state index in [1.54, 1.807) is 0 Å². The Kier molecular flexibility index (Phi) is 6.70. The van der Waals surface area contributed by atoms with Crippen molar-refractivity contribution in [3.63, 3.8) is 0 Å². The van der Waals surface area contributed by atoms with Gasteiger partial charge in [-0.2, -0.15) is 0 Å². The van der Waals surface area contributed by atoms with E-state index in [0.717, 1.165) is 71.4 Å². The van der Waals surface area contributed by atoms with Gasteiger partial charge in [-0.05, 0) is 45.2 Å². The third-order valence-electron chi connectivity index (χ3n) is 6.00. The highest BCUT2D eigenvalue weighted by Crippen LogP contribution is 2.25. The highest BCUT2D eigenvalue weighted by molar-refractivity contribution is 5.79. The van der Waals surface area contributed by atoms with Gasteiger partial charge in [0.1, 0.15) is 0 Å². The number of nitrogens with zero attached hydrogens (tertiary/aromatic N) is 3. The van der Waals surface area contributed by atoms with Crippen molar-refractivity contribution in [1.82, 2.24) is 14.7 Å². The molecule has 3 aliphatic heterocycles. The van der Waals surface area contributed by atoms with Crippen molar-refractivity contribution in [1.29, 1.82) is 0 Å². The summed E-state index contributed by atoms with van der Waals surface area (Å²) >= 11 is 0. The largest absolute Gasteiger partial charge is 0.378 e. The van der Waals surface area contributed by atoms with Crippen molar-refractivity contribution in [2.75, 3.05) is 52.5 Å². The van der Waals surface area contributed by atoms with Crippen LogP contribution in [0.15, 0.2) is 0 Å². The van der Waals surface area contributed by atoms with Crippen molar-refractivity contribution < 1.29 is 14.3 Å². The lowest BCUT2D eigenvalue weighted by Gasteiger charge is -2.42. The van der Waals surface area contributed by atoms with Gasteiger partial charge in [-0.3, -0.25) is 9.59 Å². The second-order valence-corrected chi connectivity index (χ2v) is 7.61. The van der Waals surface area contributed by atoms with E-state index in [1.807, 2.05) is 9.80 Å². The molecule has 0 saturated carbocycles. The third kappa shape index (κ3) is 4.73. The topological polar surface area (TPSA) is 53.1 Å². The summed E-state index contributed by atoms with van der Waals surface area (Å²) in [4.78, 5) is 31.2. The predicted octanol–water partition coefficient (Wildman–Crippen LogP) is 1.35. The normalized spacial score (nSPS) is 24.5. The van der Waals surface area contributed by atoms with Crippen molar-refractivity contribution in [2.45, 2.75) is 51.5 Å². The zero-order chi connectivity index (χ0) is 17.6. The van der Waals surface area contributed by atoms with Gasteiger partial charge >= 0.3 is 0 Å². The van der Waals surface area contributed by atoms with Gasteiger partial charge < -0.3 is 19.4 Å². The Hall–Kier alpha value is -1.14. The first-order valence-corrected chi connectivity index (χ1v) is 10.1. The monoisotopic (exact) mass is 351 g/mol. The summed E-state index contributed by atoms with van der Waals surface area (Å²) < 4.78 is 5.34. The summed E-state index contributed by atoms with van der Waals surface area (Å²) in [6.07, 6.45) is 5.73. The molecule has 3 saturated heterocycles. The molecule has 0 atom stereocenters. The minimum Gasteiger partial charge on any atom is -0.378 e. The number of amides is 2. The lowest BCUT2D eigenvalue weighted by atomic mass is 9.92. The Morgan fingerprint density at radius 1 is 0.880 bits per heavy atom. The second kappa shape index (κ2) is 8.99. The van der Waals surface area contributed by atoms with Crippen molar-refractivity contribution >= 4 is 11.8 Å². The minimum absolute atomic E-state index is 0.195. The van der Waals surface area contributed by atoms with E-state index >= 15 is 0 Å². The maximum atomic E-state index is 12.6. The molecule has 2 amide bonds. The van der Waals surface area contributed by atoms with Gasteiger partial charge in [-0.1, -0.05) is 6.92 Å². The zero-order valence-electron chi connectivity index (χ0n) is 15.6. The number of ether oxygens (including phenoxy) is 1. The first kappa shape index (κ1) is 18.6. The van der Waals surface area contributed by atoms with Gasteiger partial charge in [0.05, 0.1) is 13.2 Å². The molecule has 0 aromatic rings. The Balaban J connectivity index is 1.41. The fraction of sp³-hybridized carbons (Fsp3) is 0.895. The molecule has 142 valence electrons. The Morgan fingerprint density at radius 3 is 2.12 bits per heavy atom. The molecule has 0 aromatic carbocycles. The van der Waals surface area contributed by atoms with Gasteiger partial charge in [0, 0.05) is 44.6 Å². The van der Waals surface area contributed by atoms with E-state index in [2.05, 4.69) is 11.8 Å². The van der Waals surface area contributed by atoms with E-state index in [4.69, 9.17) is 4.74 Å². The number of rotatable bonds is 4. The van der Waals surface area contributed by atoms with Crippen molar-refractivity contribution in [3.8, 4) is 0 Å². The third-order valence-corrected chi connectivity index (χ3v) is 6.00. The number of morpholine rings is 1. The van der Waals surface area contributed by atoms with Crippen molar-refractivity contribution in [3.05, 3.63) is 0 Å². The molecule has 0 radical (unpaired) electrons. The molecule has 6 nitrogen and oxygen atoms in total. The summed E-state index contributed by atoms with van der Waals surface area (Å²) in [6.45, 7) is 8.77. The Morgan fingerprint density at radius 2 is 1.52 bits per heavy atom. The number of carbonyl (C=O) groups excluding carboxylic acids is 2. The zero-order valence-corrected chi connectivity index (χ0v) is 15.6. The molecular weight excluding hydrogens is 318 g/mol. The standard InChI is InChI=1S/C19H33N3O3/c1-2-3-18(23)21-10-6-17(7-11-21)20-8-4-16(5-9-20)19(24)22-12-14-25-15-13-22/h16-17H,2-15H2,1H3. The molecule has 0 N–H and O–H groups in total. The van der Waals surface area contributed by atoms with E-state index in [-0.39, 0.29) is 5.92 Å². The molecule has 3 aliphatic rings. The van der Waals surface area contributed by atoms with Crippen LogP contribution in [0.1, 0.15) is 45.4 Å². The van der Waals surface area contributed by atoms with Crippen LogP contribution >= 0.6 is 0 Å². The molecule has 3 heterocycles. The fourth-order valence-electron chi connectivity index (χ4n) is 4.41. The SMILES string of the molecule is CCCC(=O)N1CCC(N2CCC(C(=O)N3CCOCC3)CC2)CC1. The quantitative estimate of drug-likeness (QED) is 0.767. The first-order chi connectivity index (χ1) is 12.2.